The molecule has 1 atom stereocenters. The molecule has 184 valence electrons. The van der Waals surface area contributed by atoms with E-state index in [1.807, 2.05) is 12.1 Å². The predicted octanol–water partition coefficient (Wildman–Crippen LogP) is 1.99. The number of halogens is 1. The molecular formula is C25H27FN4O5. The van der Waals surface area contributed by atoms with Crippen LogP contribution in [0.2, 0.25) is 0 Å². The summed E-state index contributed by atoms with van der Waals surface area (Å²) in [4.78, 5) is 41.1. The van der Waals surface area contributed by atoms with Crippen molar-refractivity contribution in [3.05, 3.63) is 70.7 Å². The maximum Gasteiger partial charge on any atom is 0.322 e. The molecule has 9 nitrogen and oxygen atoms in total. The van der Waals surface area contributed by atoms with Crippen molar-refractivity contribution >= 4 is 17.8 Å². The summed E-state index contributed by atoms with van der Waals surface area (Å²) in [5.41, 5.74) is 2.48. The first kappa shape index (κ1) is 24.1. The third kappa shape index (κ3) is 4.91. The Kier molecular flexibility index (Phi) is 6.90. The number of benzene rings is 2. The summed E-state index contributed by atoms with van der Waals surface area (Å²) in [5, 5.41) is 5.62. The molecular weight excluding hydrogens is 455 g/mol. The van der Waals surface area contributed by atoms with E-state index >= 15 is 0 Å². The number of likely N-dealkylation sites (N-methyl/N-ethyl adjacent to an activating group) is 1. The molecule has 0 fully saturated rings. The first-order valence-electron chi connectivity index (χ1n) is 11.1. The number of urea groups is 1. The van der Waals surface area contributed by atoms with Gasteiger partial charge in [-0.15, -0.1) is 0 Å². The lowest BCUT2D eigenvalue weighted by molar-refractivity contribution is -0.131. The number of rotatable bonds is 8. The summed E-state index contributed by atoms with van der Waals surface area (Å²) in [6, 6.07) is 10.1. The van der Waals surface area contributed by atoms with E-state index in [1.54, 1.807) is 27.3 Å². The van der Waals surface area contributed by atoms with Gasteiger partial charge in [0.2, 0.25) is 5.91 Å². The number of hydrogen-bond acceptors (Lipinski definition) is 5. The Morgan fingerprint density at radius 3 is 2.51 bits per heavy atom. The Labute approximate surface area is 202 Å². The van der Waals surface area contributed by atoms with Crippen LogP contribution >= 0.6 is 0 Å². The van der Waals surface area contributed by atoms with E-state index in [0.29, 0.717) is 41.3 Å². The van der Waals surface area contributed by atoms with E-state index < -0.39 is 11.9 Å². The number of nitrogens with zero attached hydrogens (tertiary/aromatic N) is 2. The number of nitrogens with one attached hydrogen (secondary N) is 2. The van der Waals surface area contributed by atoms with Crippen LogP contribution in [0.3, 0.4) is 0 Å². The standard InChI is InChI=1S/C25H27FN4O5/c1-29-18-13-30(14-21(31)27-11-10-15-4-9-19(34-2)20(12-15)35-3)24(32)22(18)23(28-25(29)33)16-5-7-17(26)8-6-16/h4-9,12,23H,10-11,13-14H2,1-3H3,(H,27,31)(H,28,33). The highest BCUT2D eigenvalue weighted by Gasteiger charge is 2.43. The van der Waals surface area contributed by atoms with E-state index in [0.717, 1.165) is 5.56 Å². The van der Waals surface area contributed by atoms with E-state index in [9.17, 15) is 18.8 Å². The summed E-state index contributed by atoms with van der Waals surface area (Å²) in [6.45, 7) is 0.371. The van der Waals surface area contributed by atoms with Crippen LogP contribution in [0.25, 0.3) is 0 Å². The predicted molar refractivity (Wildman–Crippen MR) is 125 cm³/mol. The monoisotopic (exact) mass is 482 g/mol. The number of methoxy groups -OCH3 is 2. The van der Waals surface area contributed by atoms with Crippen molar-refractivity contribution in [1.29, 1.82) is 0 Å². The van der Waals surface area contributed by atoms with Gasteiger partial charge >= 0.3 is 6.03 Å². The highest BCUT2D eigenvalue weighted by molar-refractivity contribution is 6.02. The lowest BCUT2D eigenvalue weighted by Gasteiger charge is -2.31. The van der Waals surface area contributed by atoms with Crippen molar-refractivity contribution in [3.63, 3.8) is 0 Å². The smallest absolute Gasteiger partial charge is 0.322 e. The highest BCUT2D eigenvalue weighted by Crippen LogP contribution is 2.35. The van der Waals surface area contributed by atoms with Crippen LogP contribution < -0.4 is 20.1 Å². The molecule has 0 radical (unpaired) electrons. The minimum absolute atomic E-state index is 0.138. The van der Waals surface area contributed by atoms with Gasteiger partial charge in [-0.1, -0.05) is 18.2 Å². The second-order valence-corrected chi connectivity index (χ2v) is 8.30. The molecule has 2 aliphatic heterocycles. The minimum Gasteiger partial charge on any atom is -0.493 e. The van der Waals surface area contributed by atoms with Crippen LogP contribution in [0, 0.1) is 5.82 Å². The molecule has 2 aromatic rings. The highest BCUT2D eigenvalue weighted by atomic mass is 19.1. The van der Waals surface area contributed by atoms with Gasteiger partial charge in [0.05, 0.1) is 38.1 Å². The maximum absolute atomic E-state index is 13.4. The SMILES string of the molecule is COc1ccc(CCNC(=O)CN2CC3=C(C2=O)C(c2ccc(F)cc2)NC(=O)N3C)cc1OC. The van der Waals surface area contributed by atoms with Gasteiger partial charge in [-0.2, -0.15) is 0 Å². The summed E-state index contributed by atoms with van der Waals surface area (Å²) in [7, 11) is 4.70. The Bertz CT molecular complexity index is 1180. The van der Waals surface area contributed by atoms with E-state index in [4.69, 9.17) is 9.47 Å². The molecule has 0 spiro atoms. The zero-order chi connectivity index (χ0) is 25.1. The molecule has 4 rings (SSSR count). The van der Waals surface area contributed by atoms with E-state index in [-0.39, 0.29) is 30.9 Å². The molecule has 2 N–H and O–H groups in total. The topological polar surface area (TPSA) is 100 Å². The van der Waals surface area contributed by atoms with Crippen LogP contribution in [0.5, 0.6) is 11.5 Å². The Morgan fingerprint density at radius 1 is 1.11 bits per heavy atom. The summed E-state index contributed by atoms with van der Waals surface area (Å²) < 4.78 is 23.9. The summed E-state index contributed by atoms with van der Waals surface area (Å²) in [5.74, 6) is 0.182. The molecule has 0 saturated carbocycles. The molecule has 0 aromatic heterocycles. The van der Waals surface area contributed by atoms with Crippen molar-refractivity contribution in [2.45, 2.75) is 12.5 Å². The third-order valence-electron chi connectivity index (χ3n) is 6.16. The molecule has 2 heterocycles. The number of ether oxygens (including phenoxy) is 2. The number of carbonyl (C=O) groups is 3. The van der Waals surface area contributed by atoms with Crippen molar-refractivity contribution in [2.24, 2.45) is 0 Å². The fraction of sp³-hybridized carbons (Fsp3) is 0.320. The lowest BCUT2D eigenvalue weighted by atomic mass is 9.96. The van der Waals surface area contributed by atoms with E-state index in [1.165, 1.54) is 34.1 Å². The number of amides is 4. The van der Waals surface area contributed by atoms with Gasteiger partial charge in [0.1, 0.15) is 12.4 Å². The molecule has 2 aromatic carbocycles. The maximum atomic E-state index is 13.4. The van der Waals surface area contributed by atoms with Gasteiger partial charge in [0, 0.05) is 13.6 Å². The molecule has 0 aliphatic carbocycles. The summed E-state index contributed by atoms with van der Waals surface area (Å²) >= 11 is 0. The largest absolute Gasteiger partial charge is 0.493 e. The van der Waals surface area contributed by atoms with E-state index in [2.05, 4.69) is 10.6 Å². The van der Waals surface area contributed by atoms with Crippen LogP contribution in [0.1, 0.15) is 17.2 Å². The zero-order valence-corrected chi connectivity index (χ0v) is 19.8. The first-order chi connectivity index (χ1) is 16.8. The fourth-order valence-electron chi connectivity index (χ4n) is 4.27. The molecule has 4 amide bonds. The molecule has 0 bridgehead atoms. The summed E-state index contributed by atoms with van der Waals surface area (Å²) in [6.07, 6.45) is 0.572. The van der Waals surface area contributed by atoms with Crippen LogP contribution in [-0.2, 0) is 16.0 Å². The quantitative estimate of drug-likeness (QED) is 0.600. The first-order valence-corrected chi connectivity index (χ1v) is 11.1. The van der Waals surface area contributed by atoms with Crippen molar-refractivity contribution < 1.29 is 28.2 Å². The van der Waals surface area contributed by atoms with Gasteiger partial charge in [-0.25, -0.2) is 9.18 Å². The second kappa shape index (κ2) is 10.0. The van der Waals surface area contributed by atoms with Gasteiger partial charge in [0.25, 0.3) is 5.91 Å². The molecule has 35 heavy (non-hydrogen) atoms. The lowest BCUT2D eigenvalue weighted by Crippen LogP contribution is -2.45. The Morgan fingerprint density at radius 2 is 1.83 bits per heavy atom. The van der Waals surface area contributed by atoms with Crippen LogP contribution in [0.4, 0.5) is 9.18 Å². The minimum atomic E-state index is -0.708. The van der Waals surface area contributed by atoms with Crippen LogP contribution in [-0.4, -0.2) is 68.5 Å². The third-order valence-corrected chi connectivity index (χ3v) is 6.16. The Balaban J connectivity index is 1.39. The molecule has 2 aliphatic rings. The van der Waals surface area contributed by atoms with Gasteiger partial charge < -0.3 is 25.0 Å². The van der Waals surface area contributed by atoms with Crippen LogP contribution in [0.15, 0.2) is 53.7 Å². The van der Waals surface area contributed by atoms with Gasteiger partial charge in [-0.3, -0.25) is 14.5 Å². The average molecular weight is 483 g/mol. The molecule has 0 saturated heterocycles. The van der Waals surface area contributed by atoms with Crippen molar-refractivity contribution in [3.8, 4) is 11.5 Å². The number of carbonyl (C=O) groups excluding carboxylic acids is 3. The zero-order valence-electron chi connectivity index (χ0n) is 19.8. The van der Waals surface area contributed by atoms with Crippen molar-refractivity contribution in [1.82, 2.24) is 20.4 Å². The fourth-order valence-corrected chi connectivity index (χ4v) is 4.27. The normalized spacial score (nSPS) is 17.3. The van der Waals surface area contributed by atoms with Gasteiger partial charge in [0.15, 0.2) is 11.5 Å². The molecule has 10 heteroatoms. The number of hydrogen-bond donors (Lipinski definition) is 2. The Hall–Kier alpha value is -4.08. The second-order valence-electron chi connectivity index (χ2n) is 8.30. The van der Waals surface area contributed by atoms with Gasteiger partial charge in [-0.05, 0) is 41.8 Å². The van der Waals surface area contributed by atoms with Crippen molar-refractivity contribution in [2.75, 3.05) is 40.9 Å². The average Bonchev–Trinajstić information content (AvgIpc) is 3.17. The molecule has 1 unspecified atom stereocenters.